The molecule has 0 radical (unpaired) electrons. The fraction of sp³-hybridized carbons (Fsp3) is 0.188. The third-order valence-electron chi connectivity index (χ3n) is 3.39. The van der Waals surface area contributed by atoms with Crippen LogP contribution < -0.4 is 4.31 Å². The van der Waals surface area contributed by atoms with Gasteiger partial charge in [-0.15, -0.1) is 0 Å². The third-order valence-corrected chi connectivity index (χ3v) is 5.46. The number of carbonyl (C=O) groups is 1. The number of aromatic hydroxyl groups is 1. The average molecular weight is 335 g/mol. The highest BCUT2D eigenvalue weighted by atomic mass is 32.2. The predicted octanol–water partition coefficient (Wildman–Crippen LogP) is 2.61. The second-order valence-corrected chi connectivity index (χ2v) is 6.81. The number of phenolic OH excluding ortho intramolecular Hbond substituents is 1. The lowest BCUT2D eigenvalue weighted by molar-refractivity contribution is 0.0696. The molecule has 0 aliphatic rings. The van der Waals surface area contributed by atoms with Gasteiger partial charge in [-0.25, -0.2) is 13.2 Å². The quantitative estimate of drug-likeness (QED) is 0.876. The number of aromatic carboxylic acids is 1. The van der Waals surface area contributed by atoms with Gasteiger partial charge in [-0.3, -0.25) is 4.31 Å². The molecule has 0 unspecified atom stereocenters. The van der Waals surface area contributed by atoms with E-state index >= 15 is 0 Å². The highest BCUT2D eigenvalue weighted by Crippen LogP contribution is 2.28. The second-order valence-electron chi connectivity index (χ2n) is 4.98. The molecule has 0 saturated heterocycles. The first kappa shape index (κ1) is 16.8. The number of carboxylic acids is 1. The van der Waals surface area contributed by atoms with Gasteiger partial charge < -0.3 is 10.2 Å². The van der Waals surface area contributed by atoms with Crippen LogP contribution in [0.2, 0.25) is 0 Å². The number of hydrogen-bond acceptors (Lipinski definition) is 4. The minimum absolute atomic E-state index is 0.0295. The first-order chi connectivity index (χ1) is 10.8. The topological polar surface area (TPSA) is 94.9 Å². The maximum absolute atomic E-state index is 12.9. The Kier molecular flexibility index (Phi) is 4.60. The molecule has 0 aliphatic heterocycles. The van der Waals surface area contributed by atoms with E-state index in [0.29, 0.717) is 11.3 Å². The molecule has 0 amide bonds. The zero-order valence-electron chi connectivity index (χ0n) is 12.7. The van der Waals surface area contributed by atoms with E-state index in [-0.39, 0.29) is 22.8 Å². The van der Waals surface area contributed by atoms with Gasteiger partial charge in [0.25, 0.3) is 10.0 Å². The number of sulfonamides is 1. The van der Waals surface area contributed by atoms with Crippen LogP contribution in [0.25, 0.3) is 0 Å². The van der Waals surface area contributed by atoms with Crippen LogP contribution in [0.15, 0.2) is 47.4 Å². The molecule has 2 rings (SSSR count). The fourth-order valence-electron chi connectivity index (χ4n) is 2.33. The summed E-state index contributed by atoms with van der Waals surface area (Å²) in [5.41, 5.74) is 0.722. The zero-order valence-corrected chi connectivity index (χ0v) is 13.5. The Morgan fingerprint density at radius 1 is 1.17 bits per heavy atom. The number of hydrogen-bond donors (Lipinski definition) is 2. The lowest BCUT2D eigenvalue weighted by Crippen LogP contribution is -2.31. The number of carboxylic acid groups (broad SMARTS) is 1. The smallest absolute Gasteiger partial charge is 0.335 e. The summed E-state index contributed by atoms with van der Waals surface area (Å²) in [5.74, 6) is -1.15. The zero-order chi connectivity index (χ0) is 17.2. The van der Waals surface area contributed by atoms with E-state index in [4.69, 9.17) is 5.11 Å². The first-order valence-corrected chi connectivity index (χ1v) is 8.37. The van der Waals surface area contributed by atoms with E-state index in [1.165, 1.54) is 30.3 Å². The minimum atomic E-state index is -3.86. The summed E-state index contributed by atoms with van der Waals surface area (Å²) in [6.45, 7) is 3.41. The van der Waals surface area contributed by atoms with E-state index in [1.807, 2.05) is 0 Å². The Labute approximate surface area is 134 Å². The Hall–Kier alpha value is -2.54. The van der Waals surface area contributed by atoms with Crippen molar-refractivity contribution in [2.45, 2.75) is 18.7 Å². The highest BCUT2D eigenvalue weighted by Gasteiger charge is 2.26. The van der Waals surface area contributed by atoms with Crippen LogP contribution in [0.5, 0.6) is 5.75 Å². The maximum Gasteiger partial charge on any atom is 0.335 e. The Morgan fingerprint density at radius 2 is 1.87 bits per heavy atom. The van der Waals surface area contributed by atoms with Crippen LogP contribution in [0.1, 0.15) is 22.8 Å². The Balaban J connectivity index is 2.54. The van der Waals surface area contributed by atoms with Gasteiger partial charge in [0.15, 0.2) is 0 Å². The van der Waals surface area contributed by atoms with Gasteiger partial charge >= 0.3 is 5.97 Å². The molecular weight excluding hydrogens is 318 g/mol. The van der Waals surface area contributed by atoms with Crippen molar-refractivity contribution in [3.63, 3.8) is 0 Å². The van der Waals surface area contributed by atoms with E-state index in [9.17, 15) is 18.3 Å². The monoisotopic (exact) mass is 335 g/mol. The van der Waals surface area contributed by atoms with Crippen molar-refractivity contribution < 1.29 is 23.4 Å². The first-order valence-electron chi connectivity index (χ1n) is 6.93. The van der Waals surface area contributed by atoms with Crippen molar-refractivity contribution in [1.29, 1.82) is 0 Å². The van der Waals surface area contributed by atoms with Crippen molar-refractivity contribution in [1.82, 2.24) is 0 Å². The molecule has 0 spiro atoms. The number of aryl methyl sites for hydroxylation is 1. The molecule has 2 aromatic rings. The summed E-state index contributed by atoms with van der Waals surface area (Å²) < 4.78 is 26.9. The molecule has 0 fully saturated rings. The van der Waals surface area contributed by atoms with E-state index in [0.717, 1.165) is 4.31 Å². The van der Waals surface area contributed by atoms with Crippen LogP contribution in [0.3, 0.4) is 0 Å². The van der Waals surface area contributed by atoms with Crippen LogP contribution in [-0.2, 0) is 10.0 Å². The molecular formula is C16H17NO5S. The van der Waals surface area contributed by atoms with Crippen molar-refractivity contribution >= 4 is 21.7 Å². The molecule has 0 heterocycles. The van der Waals surface area contributed by atoms with Gasteiger partial charge in [-0.05, 0) is 49.7 Å². The lowest BCUT2D eigenvalue weighted by Gasteiger charge is -2.24. The summed E-state index contributed by atoms with van der Waals surface area (Å²) in [5, 5.41) is 18.5. The predicted molar refractivity (Wildman–Crippen MR) is 86.5 cm³/mol. The second kappa shape index (κ2) is 6.29. The number of phenols is 1. The SMILES string of the molecule is CCN(c1cccc(O)c1)S(=O)(=O)c1ccc(C(=O)O)cc1C. The molecule has 7 heteroatoms. The van der Waals surface area contributed by atoms with Gasteiger partial charge in [0.2, 0.25) is 0 Å². The van der Waals surface area contributed by atoms with Crippen molar-refractivity contribution in [2.24, 2.45) is 0 Å². The number of nitrogens with zero attached hydrogens (tertiary/aromatic N) is 1. The summed E-state index contributed by atoms with van der Waals surface area (Å²) in [7, 11) is -3.86. The third kappa shape index (κ3) is 3.29. The normalized spacial score (nSPS) is 11.2. The van der Waals surface area contributed by atoms with E-state index in [2.05, 4.69) is 0 Å². The molecule has 6 nitrogen and oxygen atoms in total. The molecule has 0 atom stereocenters. The van der Waals surface area contributed by atoms with E-state index < -0.39 is 16.0 Å². The highest BCUT2D eigenvalue weighted by molar-refractivity contribution is 7.92. The van der Waals surface area contributed by atoms with Gasteiger partial charge in [-0.2, -0.15) is 0 Å². The molecule has 122 valence electrons. The number of rotatable bonds is 5. The Morgan fingerprint density at radius 3 is 2.39 bits per heavy atom. The van der Waals surface area contributed by atoms with Crippen LogP contribution >= 0.6 is 0 Å². The number of anilines is 1. The standard InChI is InChI=1S/C16H17NO5S/c1-3-17(13-5-4-6-14(18)10-13)23(21,22)15-8-7-12(16(19)20)9-11(15)2/h4-10,18H,3H2,1-2H3,(H,19,20). The summed E-state index contributed by atoms with van der Waals surface area (Å²) in [6.07, 6.45) is 0. The molecule has 2 N–H and O–H groups in total. The average Bonchev–Trinajstić information content (AvgIpc) is 2.47. The van der Waals surface area contributed by atoms with Crippen molar-refractivity contribution in [3.8, 4) is 5.75 Å². The van der Waals surface area contributed by atoms with Crippen LogP contribution in [-0.4, -0.2) is 31.1 Å². The minimum Gasteiger partial charge on any atom is -0.508 e. The van der Waals surface area contributed by atoms with E-state index in [1.54, 1.807) is 26.0 Å². The van der Waals surface area contributed by atoms with Crippen LogP contribution in [0.4, 0.5) is 5.69 Å². The molecule has 0 saturated carbocycles. The molecule has 23 heavy (non-hydrogen) atoms. The van der Waals surface area contributed by atoms with Gasteiger partial charge in [0.1, 0.15) is 5.75 Å². The summed E-state index contributed by atoms with van der Waals surface area (Å²) in [4.78, 5) is 11.0. The molecule has 0 aromatic heterocycles. The maximum atomic E-state index is 12.9. The summed E-state index contributed by atoms with van der Waals surface area (Å²) in [6, 6.07) is 9.84. The van der Waals surface area contributed by atoms with Crippen molar-refractivity contribution in [3.05, 3.63) is 53.6 Å². The molecule has 0 bridgehead atoms. The summed E-state index contributed by atoms with van der Waals surface area (Å²) >= 11 is 0. The van der Waals surface area contributed by atoms with Gasteiger partial charge in [-0.1, -0.05) is 6.07 Å². The fourth-order valence-corrected chi connectivity index (χ4v) is 4.00. The Bertz CT molecular complexity index is 845. The largest absolute Gasteiger partial charge is 0.508 e. The molecule has 2 aromatic carbocycles. The number of benzene rings is 2. The van der Waals surface area contributed by atoms with Gasteiger partial charge in [0.05, 0.1) is 16.1 Å². The lowest BCUT2D eigenvalue weighted by atomic mass is 10.1. The van der Waals surface area contributed by atoms with Crippen molar-refractivity contribution in [2.75, 3.05) is 10.8 Å². The van der Waals surface area contributed by atoms with Gasteiger partial charge in [0, 0.05) is 12.6 Å². The van der Waals surface area contributed by atoms with Crippen LogP contribution in [0, 0.1) is 6.92 Å². The molecule has 0 aliphatic carbocycles.